The molecule has 0 fully saturated rings. The first kappa shape index (κ1) is 23.2. The van der Waals surface area contributed by atoms with E-state index in [9.17, 15) is 13.2 Å². The number of sulfonamides is 1. The van der Waals surface area contributed by atoms with E-state index >= 15 is 0 Å². The van der Waals surface area contributed by atoms with Crippen molar-refractivity contribution in [2.75, 3.05) is 15.9 Å². The Kier molecular flexibility index (Phi) is 7.64. The summed E-state index contributed by atoms with van der Waals surface area (Å²) >= 11 is 7.63. The molecule has 1 atom stereocenters. The highest BCUT2D eigenvalue weighted by molar-refractivity contribution is 7.98. The first-order valence-electron chi connectivity index (χ1n) is 9.56. The van der Waals surface area contributed by atoms with Gasteiger partial charge in [-0.2, -0.15) is 0 Å². The molecule has 0 aromatic heterocycles. The lowest BCUT2D eigenvalue weighted by Crippen LogP contribution is -2.45. The average Bonchev–Trinajstić information content (AvgIpc) is 2.74. The minimum absolute atomic E-state index is 0.378. The van der Waals surface area contributed by atoms with Gasteiger partial charge in [-0.3, -0.25) is 9.10 Å². The smallest absolute Gasteiger partial charge is 0.247 e. The zero-order valence-electron chi connectivity index (χ0n) is 17.2. The Morgan fingerprint density at radius 1 is 1.00 bits per heavy atom. The van der Waals surface area contributed by atoms with Crippen LogP contribution in [0, 0.1) is 0 Å². The fraction of sp³-hybridized carbons (Fsp3) is 0.174. The van der Waals surface area contributed by atoms with Crippen LogP contribution < -0.4 is 9.62 Å². The molecular weight excluding hydrogens is 452 g/mol. The van der Waals surface area contributed by atoms with Crippen molar-refractivity contribution in [2.45, 2.75) is 23.6 Å². The Bertz CT molecular complexity index is 1120. The Morgan fingerprint density at radius 2 is 1.61 bits per heavy atom. The van der Waals surface area contributed by atoms with Crippen LogP contribution in [0.2, 0.25) is 5.02 Å². The summed E-state index contributed by atoms with van der Waals surface area (Å²) in [5.74, 6) is 0.388. The van der Waals surface area contributed by atoms with Gasteiger partial charge in [0.25, 0.3) is 0 Å². The SMILES string of the molecule is C[C@H](C(=O)Nc1ccc(CSc2ccccc2)cc1)N(c1ccc(Cl)cc1)S(C)(=O)=O. The highest BCUT2D eigenvalue weighted by Gasteiger charge is 2.29. The number of nitrogens with one attached hydrogen (secondary N) is 1. The molecule has 162 valence electrons. The summed E-state index contributed by atoms with van der Waals surface area (Å²) in [5, 5.41) is 3.28. The number of rotatable bonds is 8. The second-order valence-corrected chi connectivity index (χ2v) is 10.3. The summed E-state index contributed by atoms with van der Waals surface area (Å²) in [5.41, 5.74) is 2.11. The molecule has 0 aliphatic rings. The number of hydrogen-bond donors (Lipinski definition) is 1. The number of anilines is 2. The van der Waals surface area contributed by atoms with Crippen LogP contribution in [0.3, 0.4) is 0 Å². The largest absolute Gasteiger partial charge is 0.324 e. The third-order valence-electron chi connectivity index (χ3n) is 4.54. The van der Waals surface area contributed by atoms with Crippen LogP contribution in [0.25, 0.3) is 0 Å². The monoisotopic (exact) mass is 474 g/mol. The number of nitrogens with zero attached hydrogens (tertiary/aromatic N) is 1. The summed E-state index contributed by atoms with van der Waals surface area (Å²) in [6, 6.07) is 23.0. The van der Waals surface area contributed by atoms with E-state index in [1.165, 1.54) is 4.90 Å². The van der Waals surface area contributed by atoms with E-state index in [-0.39, 0.29) is 0 Å². The number of halogens is 1. The van der Waals surface area contributed by atoms with E-state index in [2.05, 4.69) is 17.4 Å². The summed E-state index contributed by atoms with van der Waals surface area (Å²) < 4.78 is 25.8. The molecule has 0 saturated carbocycles. The maximum atomic E-state index is 12.8. The molecular formula is C23H23ClN2O3S2. The van der Waals surface area contributed by atoms with E-state index < -0.39 is 22.0 Å². The zero-order valence-corrected chi connectivity index (χ0v) is 19.5. The quantitative estimate of drug-likeness (QED) is 0.442. The van der Waals surface area contributed by atoms with Crippen LogP contribution in [0.5, 0.6) is 0 Å². The normalized spacial score (nSPS) is 12.2. The molecule has 0 heterocycles. The van der Waals surface area contributed by atoms with Gasteiger partial charge >= 0.3 is 0 Å². The van der Waals surface area contributed by atoms with Gasteiger partial charge < -0.3 is 5.32 Å². The molecule has 1 N–H and O–H groups in total. The minimum Gasteiger partial charge on any atom is -0.324 e. The van der Waals surface area contributed by atoms with Gasteiger partial charge in [0.05, 0.1) is 11.9 Å². The fourth-order valence-electron chi connectivity index (χ4n) is 3.01. The Labute approximate surface area is 192 Å². The van der Waals surface area contributed by atoms with Crippen LogP contribution in [-0.2, 0) is 20.6 Å². The highest BCUT2D eigenvalue weighted by Crippen LogP contribution is 2.25. The standard InChI is InChI=1S/C23H23ClN2O3S2/c1-17(26(31(2,28)29)21-14-10-19(24)11-15-21)23(27)25-20-12-8-18(9-13-20)16-30-22-6-4-3-5-7-22/h3-15,17H,16H2,1-2H3,(H,25,27)/t17-/m1/s1. The predicted octanol–water partition coefficient (Wildman–Crippen LogP) is 5.43. The Balaban J connectivity index is 1.67. The number of hydrogen-bond acceptors (Lipinski definition) is 4. The third kappa shape index (κ3) is 6.50. The van der Waals surface area contributed by atoms with Crippen LogP contribution in [0.4, 0.5) is 11.4 Å². The molecule has 0 bridgehead atoms. The molecule has 0 aliphatic carbocycles. The van der Waals surface area contributed by atoms with Crippen molar-refractivity contribution in [2.24, 2.45) is 0 Å². The molecule has 31 heavy (non-hydrogen) atoms. The van der Waals surface area contributed by atoms with Gasteiger partial charge in [-0.25, -0.2) is 8.42 Å². The van der Waals surface area contributed by atoms with Gasteiger partial charge in [-0.15, -0.1) is 11.8 Å². The molecule has 3 aromatic rings. The van der Waals surface area contributed by atoms with Crippen LogP contribution in [-0.4, -0.2) is 26.6 Å². The molecule has 0 radical (unpaired) electrons. The van der Waals surface area contributed by atoms with E-state index in [0.717, 1.165) is 21.9 Å². The molecule has 8 heteroatoms. The van der Waals surface area contributed by atoms with Crippen LogP contribution in [0.15, 0.2) is 83.8 Å². The van der Waals surface area contributed by atoms with Crippen molar-refractivity contribution in [3.05, 3.63) is 89.4 Å². The second-order valence-electron chi connectivity index (χ2n) is 7.00. The van der Waals surface area contributed by atoms with Crippen molar-refractivity contribution < 1.29 is 13.2 Å². The number of benzene rings is 3. The molecule has 0 unspecified atom stereocenters. The second kappa shape index (κ2) is 10.2. The van der Waals surface area contributed by atoms with E-state index in [1.807, 2.05) is 42.5 Å². The van der Waals surface area contributed by atoms with E-state index in [1.54, 1.807) is 43.0 Å². The summed E-state index contributed by atoms with van der Waals surface area (Å²) in [6.45, 7) is 1.55. The average molecular weight is 475 g/mol. The molecule has 1 amide bonds. The maximum Gasteiger partial charge on any atom is 0.247 e. The number of thioether (sulfide) groups is 1. The lowest BCUT2D eigenvalue weighted by Gasteiger charge is -2.28. The van der Waals surface area contributed by atoms with Gasteiger partial charge in [0.2, 0.25) is 15.9 Å². The van der Waals surface area contributed by atoms with E-state index in [0.29, 0.717) is 16.4 Å². The predicted molar refractivity (Wildman–Crippen MR) is 129 cm³/mol. The zero-order chi connectivity index (χ0) is 22.4. The molecule has 0 saturated heterocycles. The van der Waals surface area contributed by atoms with Crippen molar-refractivity contribution in [3.63, 3.8) is 0 Å². The summed E-state index contributed by atoms with van der Waals surface area (Å²) in [4.78, 5) is 14.0. The fourth-order valence-corrected chi connectivity index (χ4v) is 5.19. The van der Waals surface area contributed by atoms with Gasteiger partial charge in [0, 0.05) is 21.4 Å². The van der Waals surface area contributed by atoms with Gasteiger partial charge in [-0.1, -0.05) is 41.9 Å². The topological polar surface area (TPSA) is 66.5 Å². The minimum atomic E-state index is -3.68. The van der Waals surface area contributed by atoms with Gasteiger partial charge in [0.1, 0.15) is 6.04 Å². The van der Waals surface area contributed by atoms with Gasteiger partial charge in [-0.05, 0) is 61.0 Å². The van der Waals surface area contributed by atoms with E-state index in [4.69, 9.17) is 11.6 Å². The summed E-state index contributed by atoms with van der Waals surface area (Å²) in [6.07, 6.45) is 1.07. The molecule has 0 spiro atoms. The number of carbonyl (C=O) groups excluding carboxylic acids is 1. The molecule has 3 rings (SSSR count). The van der Waals surface area contributed by atoms with Crippen molar-refractivity contribution in [1.29, 1.82) is 0 Å². The lowest BCUT2D eigenvalue weighted by atomic mass is 10.2. The summed E-state index contributed by atoms with van der Waals surface area (Å²) in [7, 11) is -3.68. The first-order valence-corrected chi connectivity index (χ1v) is 12.8. The van der Waals surface area contributed by atoms with Crippen molar-refractivity contribution in [1.82, 2.24) is 0 Å². The van der Waals surface area contributed by atoms with Crippen molar-refractivity contribution in [3.8, 4) is 0 Å². The molecule has 3 aromatic carbocycles. The van der Waals surface area contributed by atoms with Gasteiger partial charge in [0.15, 0.2) is 0 Å². The Morgan fingerprint density at radius 3 is 2.19 bits per heavy atom. The van der Waals surface area contributed by atoms with Crippen LogP contribution >= 0.6 is 23.4 Å². The highest BCUT2D eigenvalue weighted by atomic mass is 35.5. The molecule has 5 nitrogen and oxygen atoms in total. The lowest BCUT2D eigenvalue weighted by molar-refractivity contribution is -0.116. The Hall–Kier alpha value is -2.48. The molecule has 0 aliphatic heterocycles. The number of amides is 1. The maximum absolute atomic E-state index is 12.8. The third-order valence-corrected chi connectivity index (χ3v) is 7.12. The van der Waals surface area contributed by atoms with Crippen LogP contribution in [0.1, 0.15) is 12.5 Å². The first-order chi connectivity index (χ1) is 14.7. The number of carbonyl (C=O) groups is 1. The van der Waals surface area contributed by atoms with Crippen molar-refractivity contribution >= 4 is 50.7 Å².